The highest BCUT2D eigenvalue weighted by Gasteiger charge is 2.24. The quantitative estimate of drug-likeness (QED) is 0.836. The molecule has 0 aliphatic carbocycles. The average Bonchev–Trinajstić information content (AvgIpc) is 2.63. The summed E-state index contributed by atoms with van der Waals surface area (Å²) in [4.78, 5) is 17.8. The summed E-state index contributed by atoms with van der Waals surface area (Å²) < 4.78 is 5.06. The summed E-state index contributed by atoms with van der Waals surface area (Å²) in [7, 11) is 3.64. The van der Waals surface area contributed by atoms with Crippen LogP contribution in [0.25, 0.3) is 0 Å². The van der Waals surface area contributed by atoms with Gasteiger partial charge in [-0.25, -0.2) is 0 Å². The van der Waals surface area contributed by atoms with Crippen molar-refractivity contribution in [1.29, 1.82) is 0 Å². The first-order valence-electron chi connectivity index (χ1n) is 7.35. The predicted octanol–water partition coefficient (Wildman–Crippen LogP) is 2.48. The third-order valence-corrected chi connectivity index (χ3v) is 4.86. The smallest absolute Gasteiger partial charge is 0.241 e. The van der Waals surface area contributed by atoms with E-state index < -0.39 is 0 Å². The van der Waals surface area contributed by atoms with Crippen LogP contribution >= 0.6 is 11.8 Å². The van der Waals surface area contributed by atoms with Gasteiger partial charge in [-0.15, -0.1) is 11.8 Å². The molecular weight excluding hydrogens is 284 g/mol. The zero-order valence-electron chi connectivity index (χ0n) is 13.0. The Balaban J connectivity index is 2.09. The Kier molecular flexibility index (Phi) is 6.08. The first kappa shape index (κ1) is 16.3. The minimum absolute atomic E-state index is 0.163. The molecule has 1 amide bonds. The summed E-state index contributed by atoms with van der Waals surface area (Å²) in [5, 5.41) is 0.537. The average molecular weight is 308 g/mol. The number of hydrogen-bond acceptors (Lipinski definition) is 4. The molecule has 0 fully saturated rings. The number of para-hydroxylation sites is 1. The molecule has 116 valence electrons. The van der Waals surface area contributed by atoms with Gasteiger partial charge in [-0.3, -0.25) is 9.69 Å². The van der Waals surface area contributed by atoms with Crippen LogP contribution in [0.15, 0.2) is 29.2 Å². The number of rotatable bonds is 5. The lowest BCUT2D eigenvalue weighted by molar-refractivity contribution is -0.119. The number of anilines is 1. The van der Waals surface area contributed by atoms with Crippen molar-refractivity contribution in [2.45, 2.75) is 23.5 Å². The highest BCUT2D eigenvalue weighted by Crippen LogP contribution is 2.37. The Labute approximate surface area is 131 Å². The molecule has 0 radical (unpaired) electrons. The van der Waals surface area contributed by atoms with Crippen LogP contribution in [0, 0.1) is 0 Å². The number of nitrogens with zero attached hydrogens (tertiary/aromatic N) is 2. The second-order valence-electron chi connectivity index (χ2n) is 5.46. The van der Waals surface area contributed by atoms with Crippen molar-refractivity contribution < 1.29 is 9.53 Å². The summed E-state index contributed by atoms with van der Waals surface area (Å²) in [6.07, 6.45) is 1.02. The lowest BCUT2D eigenvalue weighted by atomic mass is 10.2. The van der Waals surface area contributed by atoms with E-state index in [1.54, 1.807) is 7.11 Å². The van der Waals surface area contributed by atoms with Crippen LogP contribution in [-0.4, -0.2) is 56.5 Å². The van der Waals surface area contributed by atoms with Crippen molar-refractivity contribution in [3.8, 4) is 0 Å². The molecule has 4 nitrogen and oxygen atoms in total. The maximum Gasteiger partial charge on any atom is 0.241 e. The fourth-order valence-electron chi connectivity index (χ4n) is 2.39. The number of carbonyl (C=O) groups excluding carboxylic acids is 1. The zero-order valence-corrected chi connectivity index (χ0v) is 13.9. The van der Waals surface area contributed by atoms with Gasteiger partial charge in [-0.1, -0.05) is 19.1 Å². The van der Waals surface area contributed by atoms with Gasteiger partial charge in [-0.05, 0) is 25.6 Å². The molecule has 1 heterocycles. The molecule has 1 aliphatic heterocycles. The lowest BCUT2D eigenvalue weighted by Crippen LogP contribution is -2.40. The molecular formula is C16H24N2O2S. The van der Waals surface area contributed by atoms with Crippen LogP contribution in [-0.2, 0) is 9.53 Å². The zero-order chi connectivity index (χ0) is 15.2. The van der Waals surface area contributed by atoms with Gasteiger partial charge in [0.05, 0.1) is 18.8 Å². The molecule has 0 saturated carbocycles. The molecule has 0 aromatic heterocycles. The van der Waals surface area contributed by atoms with Crippen LogP contribution in [0.2, 0.25) is 0 Å². The van der Waals surface area contributed by atoms with Crippen molar-refractivity contribution >= 4 is 23.4 Å². The maximum atomic E-state index is 12.6. The van der Waals surface area contributed by atoms with E-state index >= 15 is 0 Å². The van der Waals surface area contributed by atoms with Crippen LogP contribution < -0.4 is 4.90 Å². The lowest BCUT2D eigenvalue weighted by Gasteiger charge is -2.25. The molecule has 1 aromatic rings. The Bertz CT molecular complexity index is 481. The highest BCUT2D eigenvalue weighted by atomic mass is 32.2. The van der Waals surface area contributed by atoms with E-state index in [4.69, 9.17) is 4.74 Å². The Morgan fingerprint density at radius 1 is 1.48 bits per heavy atom. The Morgan fingerprint density at radius 3 is 3.00 bits per heavy atom. The van der Waals surface area contributed by atoms with Gasteiger partial charge in [-0.2, -0.15) is 0 Å². The number of likely N-dealkylation sites (N-methyl/N-ethyl adjacent to an activating group) is 1. The first-order valence-corrected chi connectivity index (χ1v) is 8.23. The Morgan fingerprint density at radius 2 is 2.24 bits per heavy atom. The minimum Gasteiger partial charge on any atom is -0.383 e. The van der Waals surface area contributed by atoms with Crippen LogP contribution in [0.1, 0.15) is 13.3 Å². The molecule has 0 bridgehead atoms. The first-order chi connectivity index (χ1) is 10.1. The molecule has 5 heteroatoms. The van der Waals surface area contributed by atoms with E-state index in [-0.39, 0.29) is 5.91 Å². The predicted molar refractivity (Wildman–Crippen MR) is 88.1 cm³/mol. The summed E-state index contributed by atoms with van der Waals surface area (Å²) in [5.41, 5.74) is 1.05. The molecule has 1 aliphatic rings. The number of methoxy groups -OCH3 is 1. The number of fused-ring (bicyclic) bond motifs is 1. The molecule has 21 heavy (non-hydrogen) atoms. The molecule has 0 N–H and O–H groups in total. The molecule has 1 aromatic carbocycles. The molecule has 1 atom stereocenters. The fourth-order valence-corrected chi connectivity index (χ4v) is 3.50. The largest absolute Gasteiger partial charge is 0.383 e. The van der Waals surface area contributed by atoms with Crippen molar-refractivity contribution in [2.75, 3.05) is 45.3 Å². The highest BCUT2D eigenvalue weighted by molar-refractivity contribution is 8.00. The van der Waals surface area contributed by atoms with Gasteiger partial charge < -0.3 is 9.64 Å². The second-order valence-corrected chi connectivity index (χ2v) is 6.94. The standard InChI is InChI=1S/C16H24N2O2S/c1-13-8-9-18(14-6-4-5-7-15(14)21-13)16(19)12-17(2)10-11-20-3/h4-7,13H,8-12H2,1-3H3/t13-/m1/s1. The summed E-state index contributed by atoms with van der Waals surface area (Å²) >= 11 is 1.86. The number of amides is 1. The van der Waals surface area contributed by atoms with Gasteiger partial charge in [0.2, 0.25) is 5.91 Å². The third-order valence-electron chi connectivity index (χ3n) is 3.63. The monoisotopic (exact) mass is 308 g/mol. The fraction of sp³-hybridized carbons (Fsp3) is 0.562. The Hall–Kier alpha value is -1.04. The maximum absolute atomic E-state index is 12.6. The topological polar surface area (TPSA) is 32.8 Å². The third kappa shape index (κ3) is 4.46. The number of thioether (sulfide) groups is 1. The van der Waals surface area contributed by atoms with E-state index in [2.05, 4.69) is 13.0 Å². The molecule has 0 unspecified atom stereocenters. The molecule has 2 rings (SSSR count). The summed E-state index contributed by atoms with van der Waals surface area (Å²) in [6, 6.07) is 8.20. The van der Waals surface area contributed by atoms with E-state index in [9.17, 15) is 4.79 Å². The second kappa shape index (κ2) is 7.82. The van der Waals surface area contributed by atoms with Crippen LogP contribution in [0.3, 0.4) is 0 Å². The van der Waals surface area contributed by atoms with E-state index in [0.717, 1.165) is 25.2 Å². The number of carbonyl (C=O) groups is 1. The van der Waals surface area contributed by atoms with Gasteiger partial charge in [0.1, 0.15) is 0 Å². The number of hydrogen-bond donors (Lipinski definition) is 0. The van der Waals surface area contributed by atoms with Crippen molar-refractivity contribution in [3.05, 3.63) is 24.3 Å². The van der Waals surface area contributed by atoms with E-state index in [1.165, 1.54) is 4.90 Å². The van der Waals surface area contributed by atoms with Crippen molar-refractivity contribution in [3.63, 3.8) is 0 Å². The number of ether oxygens (including phenoxy) is 1. The molecule has 0 spiro atoms. The van der Waals surface area contributed by atoms with Crippen LogP contribution in [0.5, 0.6) is 0 Å². The van der Waals surface area contributed by atoms with Crippen molar-refractivity contribution in [2.24, 2.45) is 0 Å². The van der Waals surface area contributed by atoms with Gasteiger partial charge in [0.25, 0.3) is 0 Å². The van der Waals surface area contributed by atoms with Crippen molar-refractivity contribution in [1.82, 2.24) is 4.90 Å². The van der Waals surface area contributed by atoms with E-state index in [1.807, 2.05) is 46.8 Å². The minimum atomic E-state index is 0.163. The summed E-state index contributed by atoms with van der Waals surface area (Å²) in [5.74, 6) is 0.163. The van der Waals surface area contributed by atoms with Gasteiger partial charge in [0.15, 0.2) is 0 Å². The summed E-state index contributed by atoms with van der Waals surface area (Å²) in [6.45, 7) is 4.86. The number of benzene rings is 1. The SMILES string of the molecule is COCCN(C)CC(=O)N1CC[C@@H](C)Sc2ccccc21. The van der Waals surface area contributed by atoms with Crippen LogP contribution in [0.4, 0.5) is 5.69 Å². The van der Waals surface area contributed by atoms with Gasteiger partial charge >= 0.3 is 0 Å². The van der Waals surface area contributed by atoms with Gasteiger partial charge in [0, 0.05) is 30.3 Å². The molecule has 0 saturated heterocycles. The normalized spacial score (nSPS) is 18.5. The van der Waals surface area contributed by atoms with E-state index in [0.29, 0.717) is 18.4 Å².